The molecule has 0 heterocycles. The number of allylic oxidation sites excluding steroid dienone is 7. The molecule has 0 aromatic rings. The highest BCUT2D eigenvalue weighted by molar-refractivity contribution is 4.97. The quantitative estimate of drug-likeness (QED) is 0.0327. The molecule has 0 rings (SSSR count). The minimum atomic E-state index is -0.924. The normalized spacial score (nSPS) is 14.5. The summed E-state index contributed by atoms with van der Waals surface area (Å²) in [5.41, 5.74) is 0. The van der Waals surface area contributed by atoms with Gasteiger partial charge in [0.1, 0.15) is 6.10 Å². The summed E-state index contributed by atoms with van der Waals surface area (Å²) in [6.45, 7) is 8.43. The first-order valence-corrected chi connectivity index (χ1v) is 22.5. The average Bonchev–Trinajstić information content (AvgIpc) is 3.15. The fraction of sp³-hybridized carbons (Fsp3) is 0.830. The maximum atomic E-state index is 10.7. The Bertz CT molecular complexity index is 811. The Morgan fingerprint density at radius 3 is 1.26 bits per heavy atom. The van der Waals surface area contributed by atoms with Crippen LogP contribution in [0.4, 0.5) is 0 Å². The number of aliphatic hydroxyl groups is 3. The van der Waals surface area contributed by atoms with E-state index in [1.807, 2.05) is 6.08 Å². The first-order valence-electron chi connectivity index (χ1n) is 22.5. The Kier molecular flexibility index (Phi) is 42.4. The van der Waals surface area contributed by atoms with Gasteiger partial charge in [0.05, 0.1) is 13.2 Å². The first kappa shape index (κ1) is 51.7. The van der Waals surface area contributed by atoms with Crippen molar-refractivity contribution in [3.8, 4) is 0 Å². The highest BCUT2D eigenvalue weighted by Crippen LogP contribution is 2.16. The summed E-state index contributed by atoms with van der Waals surface area (Å²) in [5, 5.41) is 31.6. The largest absolute Gasteiger partial charge is 0.368 e. The van der Waals surface area contributed by atoms with E-state index in [0.717, 1.165) is 83.5 Å². The molecule has 3 N–H and O–H groups in total. The molecule has 4 unspecified atom stereocenters. The molecule has 0 bridgehead atoms. The molecule has 0 radical (unpaired) electrons. The van der Waals surface area contributed by atoms with Crippen molar-refractivity contribution >= 4 is 0 Å². The van der Waals surface area contributed by atoms with Gasteiger partial charge in [0.15, 0.2) is 18.9 Å². The summed E-state index contributed by atoms with van der Waals surface area (Å²) in [4.78, 5) is 0. The van der Waals surface area contributed by atoms with Gasteiger partial charge in [-0.2, -0.15) is 0 Å². The van der Waals surface area contributed by atoms with E-state index in [1.54, 1.807) is 0 Å². The van der Waals surface area contributed by atoms with Crippen LogP contribution in [-0.2, 0) is 14.2 Å². The Labute approximate surface area is 328 Å². The Morgan fingerprint density at radius 2 is 0.811 bits per heavy atom. The van der Waals surface area contributed by atoms with Crippen molar-refractivity contribution in [1.82, 2.24) is 0 Å². The Morgan fingerprint density at radius 1 is 0.434 bits per heavy atom. The third-order valence-corrected chi connectivity index (χ3v) is 9.81. The lowest BCUT2D eigenvalue weighted by atomic mass is 10.0. The van der Waals surface area contributed by atoms with Gasteiger partial charge in [0.2, 0.25) is 0 Å². The van der Waals surface area contributed by atoms with E-state index >= 15 is 0 Å². The second-order valence-corrected chi connectivity index (χ2v) is 15.1. The van der Waals surface area contributed by atoms with E-state index < -0.39 is 25.0 Å². The Hall–Kier alpha value is -1.28. The van der Waals surface area contributed by atoms with Crippen LogP contribution in [-0.4, -0.2) is 53.5 Å². The predicted octanol–water partition coefficient (Wildman–Crippen LogP) is 13.3. The van der Waals surface area contributed by atoms with Crippen LogP contribution in [0.5, 0.6) is 0 Å². The van der Waals surface area contributed by atoms with Crippen LogP contribution in [0.3, 0.4) is 0 Å². The van der Waals surface area contributed by atoms with Crippen molar-refractivity contribution in [2.45, 2.75) is 238 Å². The molecule has 4 atom stereocenters. The summed E-state index contributed by atoms with van der Waals surface area (Å²) in [6.07, 6.45) is 46.9. The standard InChI is InChI=1S/C47H88O6/c1-4-7-10-13-16-18-20-22-23-25-27-29-32-35-38-41-47(50)53-44(42-51-45(48)39-36-33-30-15-12-9-6-3)43-52-46(49)40-37-34-31-28-26-24-21-19-17-14-11-8-5-2/h6-7,10,16,18,22-23,44-50H,3-5,8-9,11-15,17,19-21,24-43H2,1-2H3. The maximum Gasteiger partial charge on any atom is 0.155 e. The van der Waals surface area contributed by atoms with Crippen LogP contribution in [0.1, 0.15) is 213 Å². The minimum absolute atomic E-state index is 0.113. The molecule has 6 heteroatoms. The molecule has 0 saturated heterocycles. The van der Waals surface area contributed by atoms with Crippen molar-refractivity contribution in [3.63, 3.8) is 0 Å². The van der Waals surface area contributed by atoms with E-state index in [-0.39, 0.29) is 13.2 Å². The van der Waals surface area contributed by atoms with Crippen molar-refractivity contribution in [2.24, 2.45) is 0 Å². The minimum Gasteiger partial charge on any atom is -0.368 e. The fourth-order valence-electron chi connectivity index (χ4n) is 6.43. The highest BCUT2D eigenvalue weighted by Gasteiger charge is 2.19. The van der Waals surface area contributed by atoms with Crippen molar-refractivity contribution < 1.29 is 29.5 Å². The third kappa shape index (κ3) is 41.7. The van der Waals surface area contributed by atoms with Gasteiger partial charge < -0.3 is 29.5 Å². The molecule has 0 fully saturated rings. The van der Waals surface area contributed by atoms with E-state index in [1.165, 1.54) is 96.3 Å². The van der Waals surface area contributed by atoms with Crippen LogP contribution >= 0.6 is 0 Å². The van der Waals surface area contributed by atoms with Crippen molar-refractivity contribution in [3.05, 3.63) is 49.1 Å². The molecule has 0 saturated carbocycles. The van der Waals surface area contributed by atoms with Gasteiger partial charge in [-0.3, -0.25) is 0 Å². The number of rotatable bonds is 43. The molecule has 53 heavy (non-hydrogen) atoms. The summed E-state index contributed by atoms with van der Waals surface area (Å²) in [7, 11) is 0. The molecule has 0 aliphatic carbocycles. The van der Waals surface area contributed by atoms with Gasteiger partial charge in [0, 0.05) is 0 Å². The number of unbranched alkanes of at least 4 members (excludes halogenated alkanes) is 22. The summed E-state index contributed by atoms with van der Waals surface area (Å²) in [5.74, 6) is 0. The number of hydrogen-bond acceptors (Lipinski definition) is 6. The zero-order chi connectivity index (χ0) is 38.7. The SMILES string of the molecule is C=CCCCCCCCC(O)OCC(COC(O)CCCCCCCCCCCCCCC)OC(O)CCCCCCCC=CCC=CCC=CCC. The zero-order valence-corrected chi connectivity index (χ0v) is 35.0. The van der Waals surface area contributed by atoms with Crippen molar-refractivity contribution in [2.75, 3.05) is 13.2 Å². The average molecular weight is 749 g/mol. The van der Waals surface area contributed by atoms with Crippen molar-refractivity contribution in [1.29, 1.82) is 0 Å². The zero-order valence-electron chi connectivity index (χ0n) is 35.0. The topological polar surface area (TPSA) is 88.4 Å². The number of hydrogen-bond donors (Lipinski definition) is 3. The lowest BCUT2D eigenvalue weighted by Gasteiger charge is -2.24. The van der Waals surface area contributed by atoms with Crippen LogP contribution in [0.25, 0.3) is 0 Å². The molecule has 0 aromatic carbocycles. The smallest absolute Gasteiger partial charge is 0.155 e. The molecule has 0 aromatic heterocycles. The van der Waals surface area contributed by atoms with Gasteiger partial charge in [-0.25, -0.2) is 0 Å². The van der Waals surface area contributed by atoms with Gasteiger partial charge in [0.25, 0.3) is 0 Å². The third-order valence-electron chi connectivity index (χ3n) is 9.81. The highest BCUT2D eigenvalue weighted by atomic mass is 16.7. The van der Waals surface area contributed by atoms with E-state index in [2.05, 4.69) is 56.9 Å². The van der Waals surface area contributed by atoms with Crippen LogP contribution in [0.15, 0.2) is 49.1 Å². The van der Waals surface area contributed by atoms with Gasteiger partial charge in [-0.1, -0.05) is 172 Å². The monoisotopic (exact) mass is 749 g/mol. The van der Waals surface area contributed by atoms with E-state index in [4.69, 9.17) is 14.2 Å². The van der Waals surface area contributed by atoms with E-state index in [0.29, 0.717) is 19.3 Å². The molecule has 0 spiro atoms. The second-order valence-electron chi connectivity index (χ2n) is 15.1. The first-order chi connectivity index (χ1) is 26.0. The molecule has 0 amide bonds. The lowest BCUT2D eigenvalue weighted by molar-refractivity contribution is -0.212. The van der Waals surface area contributed by atoms with Gasteiger partial charge in [-0.05, 0) is 83.5 Å². The number of ether oxygens (including phenoxy) is 3. The second kappa shape index (κ2) is 43.4. The summed E-state index contributed by atoms with van der Waals surface area (Å²) < 4.78 is 17.4. The fourth-order valence-corrected chi connectivity index (χ4v) is 6.43. The molecular weight excluding hydrogens is 661 g/mol. The molecule has 0 aliphatic rings. The molecule has 6 nitrogen and oxygen atoms in total. The lowest BCUT2D eigenvalue weighted by Crippen LogP contribution is -2.34. The number of aliphatic hydroxyl groups excluding tert-OH is 3. The Balaban J connectivity index is 4.31. The van der Waals surface area contributed by atoms with Crippen LogP contribution in [0, 0.1) is 0 Å². The molecule has 312 valence electrons. The summed E-state index contributed by atoms with van der Waals surface area (Å²) >= 11 is 0. The van der Waals surface area contributed by atoms with Crippen LogP contribution in [0.2, 0.25) is 0 Å². The molecule has 0 aliphatic heterocycles. The maximum absolute atomic E-state index is 10.7. The van der Waals surface area contributed by atoms with Gasteiger partial charge >= 0.3 is 0 Å². The predicted molar refractivity (Wildman–Crippen MR) is 227 cm³/mol. The summed E-state index contributed by atoms with van der Waals surface area (Å²) in [6, 6.07) is 0. The molecular formula is C47H88O6. The van der Waals surface area contributed by atoms with Gasteiger partial charge in [-0.15, -0.1) is 6.58 Å². The van der Waals surface area contributed by atoms with E-state index in [9.17, 15) is 15.3 Å². The van der Waals surface area contributed by atoms with Crippen LogP contribution < -0.4 is 0 Å².